The summed E-state index contributed by atoms with van der Waals surface area (Å²) in [4.78, 5) is 67.9. The van der Waals surface area contributed by atoms with Crippen LogP contribution in [-0.4, -0.2) is 135 Å². The van der Waals surface area contributed by atoms with Gasteiger partial charge in [0.15, 0.2) is 0 Å². The Kier molecular flexibility index (Phi) is 20.2. The molecule has 0 bridgehead atoms. The fourth-order valence-electron chi connectivity index (χ4n) is 5.09. The van der Waals surface area contributed by atoms with Crippen LogP contribution in [0.4, 0.5) is 26.3 Å². The highest BCUT2D eigenvalue weighted by atomic mass is 19.4. The molecule has 0 unspecified atom stereocenters. The van der Waals surface area contributed by atoms with Gasteiger partial charge in [0.25, 0.3) is 5.91 Å². The second kappa shape index (κ2) is 23.1. The zero-order valence-corrected chi connectivity index (χ0v) is 31.0. The Morgan fingerprint density at radius 2 is 1.49 bits per heavy atom. The van der Waals surface area contributed by atoms with Crippen molar-refractivity contribution in [3.63, 3.8) is 0 Å². The first-order valence-corrected chi connectivity index (χ1v) is 17.3. The molecule has 1 aliphatic rings. The zero-order valence-electron chi connectivity index (χ0n) is 31.0. The highest BCUT2D eigenvalue weighted by Crippen LogP contribution is 2.27. The average Bonchev–Trinajstić information content (AvgIpc) is 3.62. The van der Waals surface area contributed by atoms with E-state index in [-0.39, 0.29) is 25.0 Å². The minimum absolute atomic E-state index is 0.107. The third-order valence-electron chi connectivity index (χ3n) is 7.93. The maximum absolute atomic E-state index is 12.9. The highest BCUT2D eigenvalue weighted by molar-refractivity contribution is 6.00. The first-order chi connectivity index (χ1) is 26.4. The minimum Gasteiger partial charge on any atom is -0.490 e. The molecule has 22 heteroatoms. The molecule has 0 aliphatic carbocycles. The van der Waals surface area contributed by atoms with Crippen molar-refractivity contribution in [3.8, 4) is 5.75 Å². The van der Waals surface area contributed by atoms with Crippen molar-refractivity contribution < 1.29 is 85.4 Å². The maximum Gasteiger partial charge on any atom is 0.490 e. The Hall–Kier alpha value is -5.22. The lowest BCUT2D eigenvalue weighted by atomic mass is 10.1. The SMILES string of the molecule is CC(C)NC[C@@H](O)COc1cccc2ccc(C(=O)NCCCC[C@H](N[C@@H](C)C(=O)N3CCC[C@@H]3C(=O)O)C(=O)O)cc12.O=C(O)C(F)(F)F.O=C(O)C(F)(F)F. The Bertz CT molecular complexity index is 1650. The van der Waals surface area contributed by atoms with E-state index in [2.05, 4.69) is 16.0 Å². The van der Waals surface area contributed by atoms with Gasteiger partial charge in [0, 0.05) is 36.6 Å². The molecule has 8 N–H and O–H groups in total. The van der Waals surface area contributed by atoms with Crippen LogP contribution in [-0.2, 0) is 24.0 Å². The van der Waals surface area contributed by atoms with Crippen LogP contribution >= 0.6 is 0 Å². The fraction of sp³-hybridized carbons (Fsp3) is 0.543. The number of amides is 2. The predicted molar refractivity (Wildman–Crippen MR) is 189 cm³/mol. The van der Waals surface area contributed by atoms with Gasteiger partial charge in [0.05, 0.1) is 6.04 Å². The van der Waals surface area contributed by atoms with Crippen molar-refractivity contribution in [1.29, 1.82) is 0 Å². The molecule has 16 nitrogen and oxygen atoms in total. The molecule has 0 aromatic heterocycles. The van der Waals surface area contributed by atoms with Crippen LogP contribution in [0.5, 0.6) is 5.75 Å². The number of nitrogens with zero attached hydrogens (tertiary/aromatic N) is 1. The van der Waals surface area contributed by atoms with Crippen molar-refractivity contribution in [2.24, 2.45) is 0 Å². The van der Waals surface area contributed by atoms with Crippen LogP contribution in [0.3, 0.4) is 0 Å². The summed E-state index contributed by atoms with van der Waals surface area (Å²) >= 11 is 0. The van der Waals surface area contributed by atoms with Crippen LogP contribution < -0.4 is 20.7 Å². The van der Waals surface area contributed by atoms with Gasteiger partial charge in [0.1, 0.15) is 30.5 Å². The summed E-state index contributed by atoms with van der Waals surface area (Å²) in [7, 11) is 0. The number of benzene rings is 2. The lowest BCUT2D eigenvalue weighted by Gasteiger charge is -2.27. The van der Waals surface area contributed by atoms with Gasteiger partial charge in [-0.25, -0.2) is 14.4 Å². The molecule has 4 atom stereocenters. The first-order valence-electron chi connectivity index (χ1n) is 17.3. The molecule has 0 radical (unpaired) electrons. The normalized spacial score (nSPS) is 15.6. The van der Waals surface area contributed by atoms with E-state index >= 15 is 0 Å². The number of carboxylic acids is 4. The summed E-state index contributed by atoms with van der Waals surface area (Å²) in [5, 5.41) is 53.9. The second-order valence-corrected chi connectivity index (χ2v) is 12.9. The first kappa shape index (κ1) is 49.8. The Morgan fingerprint density at radius 1 is 0.895 bits per heavy atom. The highest BCUT2D eigenvalue weighted by Gasteiger charge is 2.39. The summed E-state index contributed by atoms with van der Waals surface area (Å²) in [6.45, 7) is 6.72. The number of halogens is 6. The molecule has 57 heavy (non-hydrogen) atoms. The minimum atomic E-state index is -5.08. The number of nitrogens with one attached hydrogen (secondary N) is 3. The average molecular weight is 829 g/mol. The Morgan fingerprint density at radius 3 is 2.02 bits per heavy atom. The van der Waals surface area contributed by atoms with Crippen LogP contribution in [0, 0.1) is 0 Å². The number of carbonyl (C=O) groups is 6. The Labute approximate surface area is 322 Å². The van der Waals surface area contributed by atoms with Gasteiger partial charge in [-0.2, -0.15) is 26.3 Å². The molecule has 0 saturated carbocycles. The lowest BCUT2D eigenvalue weighted by Crippen LogP contribution is -2.53. The monoisotopic (exact) mass is 828 g/mol. The molecule has 0 spiro atoms. The summed E-state index contributed by atoms with van der Waals surface area (Å²) in [5.41, 5.74) is 0.449. The van der Waals surface area contributed by atoms with Gasteiger partial charge < -0.3 is 45.8 Å². The van der Waals surface area contributed by atoms with E-state index in [9.17, 15) is 60.8 Å². The van der Waals surface area contributed by atoms with Crippen molar-refractivity contribution in [2.75, 3.05) is 26.2 Å². The number of hydrogen-bond donors (Lipinski definition) is 8. The molecule has 2 aromatic rings. The number of carboxylic acid groups (broad SMARTS) is 4. The molecular formula is C35H46F6N4O12. The lowest BCUT2D eigenvalue weighted by molar-refractivity contribution is -0.193. The van der Waals surface area contributed by atoms with Gasteiger partial charge >= 0.3 is 36.2 Å². The molecule has 1 aliphatic heterocycles. The van der Waals surface area contributed by atoms with Crippen molar-refractivity contribution in [3.05, 3.63) is 42.0 Å². The summed E-state index contributed by atoms with van der Waals surface area (Å²) in [6, 6.07) is 8.40. The molecule has 3 rings (SSSR count). The van der Waals surface area contributed by atoms with Gasteiger partial charge in [-0.05, 0) is 62.6 Å². The number of aliphatic hydroxyl groups is 1. The van der Waals surface area contributed by atoms with E-state index in [0.717, 1.165) is 10.8 Å². The smallest absolute Gasteiger partial charge is 0.490 e. The molecule has 1 saturated heterocycles. The number of alkyl halides is 6. The van der Waals surface area contributed by atoms with Crippen LogP contribution in [0.2, 0.25) is 0 Å². The third kappa shape index (κ3) is 18.1. The second-order valence-electron chi connectivity index (χ2n) is 12.9. The maximum atomic E-state index is 12.9. The van der Waals surface area contributed by atoms with Gasteiger partial charge in [-0.1, -0.05) is 32.0 Å². The van der Waals surface area contributed by atoms with E-state index in [1.54, 1.807) is 25.1 Å². The predicted octanol–water partition coefficient (Wildman–Crippen LogP) is 3.25. The topological polar surface area (TPSA) is 252 Å². The van der Waals surface area contributed by atoms with Crippen LogP contribution in [0.25, 0.3) is 10.8 Å². The van der Waals surface area contributed by atoms with Gasteiger partial charge in [0.2, 0.25) is 5.91 Å². The summed E-state index contributed by atoms with van der Waals surface area (Å²) in [5.74, 6) is -7.80. The molecular weight excluding hydrogens is 782 g/mol. The Balaban J connectivity index is 0.000000984. The van der Waals surface area contributed by atoms with Gasteiger partial charge in [-0.3, -0.25) is 19.7 Å². The number of hydrogen-bond acceptors (Lipinski definition) is 10. The number of aliphatic carboxylic acids is 4. The molecule has 1 heterocycles. The van der Waals surface area contributed by atoms with E-state index in [0.29, 0.717) is 56.6 Å². The van der Waals surface area contributed by atoms with E-state index in [1.807, 2.05) is 32.0 Å². The number of ether oxygens (including phenoxy) is 1. The number of rotatable bonds is 17. The van der Waals surface area contributed by atoms with Crippen molar-refractivity contribution >= 4 is 46.5 Å². The molecule has 2 aromatic carbocycles. The number of unbranched alkanes of at least 4 members (excludes halogenated alkanes) is 1. The summed E-state index contributed by atoms with van der Waals surface area (Å²) < 4.78 is 69.3. The van der Waals surface area contributed by atoms with E-state index in [4.69, 9.17) is 24.5 Å². The zero-order chi connectivity index (χ0) is 43.7. The van der Waals surface area contributed by atoms with Crippen molar-refractivity contribution in [2.45, 2.75) is 95.5 Å². The fourth-order valence-corrected chi connectivity index (χ4v) is 5.09. The standard InChI is InChI=1S/C31H44N4O8.2C2HF3O2/c1-19(2)33-17-23(36)18-43-27-11-6-8-21-12-13-22(16-24(21)27)28(37)32-14-5-4-9-25(30(39)40)34-20(3)29(38)35-15-7-10-26(35)31(41)42;2*3-2(4,5)1(6)7/h6,8,11-13,16,19-20,23,25-26,33-34,36H,4-5,7,9-10,14-15,17-18H2,1-3H3,(H,32,37)(H,39,40)(H,41,42);2*(H,6,7)/t20-,23+,25-,26+;;/m0../s1. The molecule has 2 amide bonds. The number of fused-ring (bicyclic) bond motifs is 1. The van der Waals surface area contributed by atoms with Crippen molar-refractivity contribution in [1.82, 2.24) is 20.9 Å². The number of carbonyl (C=O) groups excluding carboxylic acids is 2. The molecule has 320 valence electrons. The van der Waals surface area contributed by atoms with Crippen LogP contribution in [0.1, 0.15) is 63.2 Å². The largest absolute Gasteiger partial charge is 0.490 e. The van der Waals surface area contributed by atoms with E-state index < -0.39 is 66.4 Å². The molecule has 1 fully saturated rings. The summed E-state index contributed by atoms with van der Waals surface area (Å²) in [6.07, 6.45) is -8.62. The van der Waals surface area contributed by atoms with Crippen LogP contribution in [0.15, 0.2) is 36.4 Å². The number of aliphatic hydroxyl groups excluding tert-OH is 1. The number of likely N-dealkylation sites (tertiary alicyclic amines) is 1. The van der Waals surface area contributed by atoms with E-state index in [1.165, 1.54) is 4.90 Å². The quantitative estimate of drug-likeness (QED) is 0.0843. The third-order valence-corrected chi connectivity index (χ3v) is 7.93. The van der Waals surface area contributed by atoms with Gasteiger partial charge in [-0.15, -0.1) is 0 Å².